The third-order valence-electron chi connectivity index (χ3n) is 3.18. The molecule has 0 saturated carbocycles. The van der Waals surface area contributed by atoms with Gasteiger partial charge in [0, 0.05) is 6.20 Å². The lowest BCUT2D eigenvalue weighted by molar-refractivity contribution is 0.0850. The lowest BCUT2D eigenvalue weighted by Crippen LogP contribution is -2.39. The van der Waals surface area contributed by atoms with Gasteiger partial charge in [-0.2, -0.15) is 0 Å². The number of carbonyl (C=O) groups excluding carboxylic acids is 1. The fraction of sp³-hybridized carbons (Fsp3) is 0.200. The fourth-order valence-electron chi connectivity index (χ4n) is 1.95. The third-order valence-corrected chi connectivity index (χ3v) is 3.18. The van der Waals surface area contributed by atoms with Gasteiger partial charge in [-0.05, 0) is 36.8 Å². The van der Waals surface area contributed by atoms with E-state index in [2.05, 4.69) is 10.3 Å². The number of halogens is 2. The number of hydrogen-bond donors (Lipinski definition) is 3. The number of H-pyrrole nitrogens is 1. The Morgan fingerprint density at radius 1 is 1.27 bits per heavy atom. The Morgan fingerprint density at radius 3 is 2.64 bits per heavy atom. The number of carbonyl (C=O) groups is 1. The van der Waals surface area contributed by atoms with Gasteiger partial charge in [0.1, 0.15) is 5.56 Å². The Kier molecular flexibility index (Phi) is 4.67. The molecule has 5 nitrogen and oxygen atoms in total. The van der Waals surface area contributed by atoms with Crippen molar-refractivity contribution < 1.29 is 18.7 Å². The molecule has 0 fully saturated rings. The van der Waals surface area contributed by atoms with Crippen LogP contribution in [0.2, 0.25) is 0 Å². The number of aromatic amines is 1. The summed E-state index contributed by atoms with van der Waals surface area (Å²) >= 11 is 0. The van der Waals surface area contributed by atoms with Crippen molar-refractivity contribution in [2.45, 2.75) is 19.1 Å². The molecule has 0 saturated heterocycles. The molecule has 1 aromatic carbocycles. The lowest BCUT2D eigenvalue weighted by atomic mass is 10.0. The highest BCUT2D eigenvalue weighted by atomic mass is 19.2. The number of nitrogens with one attached hydrogen (secondary N) is 2. The van der Waals surface area contributed by atoms with E-state index in [0.717, 1.165) is 12.1 Å². The molecule has 0 spiro atoms. The number of benzene rings is 1. The number of aliphatic hydroxyl groups excluding tert-OH is 1. The molecular formula is C15H14F2N2O3. The van der Waals surface area contributed by atoms with Crippen LogP contribution in [-0.4, -0.2) is 22.0 Å². The predicted octanol–water partition coefficient (Wildman–Crippen LogP) is 1.50. The summed E-state index contributed by atoms with van der Waals surface area (Å²) in [5.74, 6) is -2.78. The smallest absolute Gasteiger partial charge is 0.260 e. The Labute approximate surface area is 124 Å². The van der Waals surface area contributed by atoms with Gasteiger partial charge in [-0.3, -0.25) is 9.59 Å². The molecule has 0 aliphatic carbocycles. The molecule has 2 rings (SSSR count). The van der Waals surface area contributed by atoms with Crippen molar-refractivity contribution in [3.63, 3.8) is 0 Å². The largest absolute Gasteiger partial charge is 0.386 e. The van der Waals surface area contributed by atoms with Crippen LogP contribution in [0.1, 0.15) is 28.9 Å². The van der Waals surface area contributed by atoms with Gasteiger partial charge in [-0.1, -0.05) is 6.07 Å². The maximum absolute atomic E-state index is 13.2. The standard InChI is InChI=1S/C15H14F2N2O3/c1-8(13(20)9-4-5-11(16)12(17)7-9)19-15(22)10-3-2-6-18-14(10)21/h2-8,13,20H,1H3,(H,18,21)(H,19,22). The first-order chi connectivity index (χ1) is 10.4. The van der Waals surface area contributed by atoms with E-state index in [-0.39, 0.29) is 11.1 Å². The number of pyridine rings is 1. The molecule has 3 N–H and O–H groups in total. The molecule has 0 aliphatic heterocycles. The molecule has 116 valence electrons. The van der Waals surface area contributed by atoms with E-state index in [0.29, 0.717) is 0 Å². The van der Waals surface area contributed by atoms with Crippen LogP contribution in [0.15, 0.2) is 41.3 Å². The summed E-state index contributed by atoms with van der Waals surface area (Å²) in [4.78, 5) is 25.8. The van der Waals surface area contributed by atoms with Crippen LogP contribution in [0.3, 0.4) is 0 Å². The van der Waals surface area contributed by atoms with Crippen molar-refractivity contribution in [2.75, 3.05) is 0 Å². The zero-order chi connectivity index (χ0) is 16.3. The van der Waals surface area contributed by atoms with Gasteiger partial charge in [0.25, 0.3) is 11.5 Å². The monoisotopic (exact) mass is 308 g/mol. The van der Waals surface area contributed by atoms with E-state index >= 15 is 0 Å². The second-order valence-corrected chi connectivity index (χ2v) is 4.79. The van der Waals surface area contributed by atoms with Crippen LogP contribution in [-0.2, 0) is 0 Å². The SMILES string of the molecule is CC(NC(=O)c1ccc[nH]c1=O)C(O)c1ccc(F)c(F)c1. The summed E-state index contributed by atoms with van der Waals surface area (Å²) in [7, 11) is 0. The minimum atomic E-state index is -1.25. The van der Waals surface area contributed by atoms with E-state index in [4.69, 9.17) is 0 Å². The fourth-order valence-corrected chi connectivity index (χ4v) is 1.95. The first-order valence-electron chi connectivity index (χ1n) is 6.51. The number of aromatic nitrogens is 1. The summed E-state index contributed by atoms with van der Waals surface area (Å²) in [6, 6.07) is 5.00. The highest BCUT2D eigenvalue weighted by Gasteiger charge is 2.21. The summed E-state index contributed by atoms with van der Waals surface area (Å²) in [6.45, 7) is 1.49. The van der Waals surface area contributed by atoms with Crippen molar-refractivity contribution in [3.05, 3.63) is 69.6 Å². The molecule has 22 heavy (non-hydrogen) atoms. The van der Waals surface area contributed by atoms with Crippen molar-refractivity contribution in [3.8, 4) is 0 Å². The zero-order valence-electron chi connectivity index (χ0n) is 11.6. The molecule has 0 radical (unpaired) electrons. The van der Waals surface area contributed by atoms with E-state index < -0.39 is 35.2 Å². The Morgan fingerprint density at radius 2 is 2.00 bits per heavy atom. The maximum Gasteiger partial charge on any atom is 0.260 e. The van der Waals surface area contributed by atoms with Crippen molar-refractivity contribution in [2.24, 2.45) is 0 Å². The average molecular weight is 308 g/mol. The molecule has 2 atom stereocenters. The summed E-state index contributed by atoms with van der Waals surface area (Å²) in [6.07, 6.45) is 0.139. The molecule has 7 heteroatoms. The summed E-state index contributed by atoms with van der Waals surface area (Å²) < 4.78 is 26.0. The van der Waals surface area contributed by atoms with Gasteiger partial charge in [0.2, 0.25) is 0 Å². The normalized spacial score (nSPS) is 13.5. The molecule has 1 amide bonds. The first-order valence-corrected chi connectivity index (χ1v) is 6.51. The molecule has 2 aromatic rings. The zero-order valence-corrected chi connectivity index (χ0v) is 11.6. The van der Waals surface area contributed by atoms with Gasteiger partial charge >= 0.3 is 0 Å². The molecular weight excluding hydrogens is 294 g/mol. The molecule has 2 unspecified atom stereocenters. The summed E-state index contributed by atoms with van der Waals surface area (Å²) in [5.41, 5.74) is -0.546. The van der Waals surface area contributed by atoms with E-state index in [1.54, 1.807) is 0 Å². The second-order valence-electron chi connectivity index (χ2n) is 4.79. The van der Waals surface area contributed by atoms with Crippen LogP contribution in [0.4, 0.5) is 8.78 Å². The molecule has 1 heterocycles. The number of aliphatic hydroxyl groups is 1. The van der Waals surface area contributed by atoms with Gasteiger partial charge in [-0.15, -0.1) is 0 Å². The van der Waals surface area contributed by atoms with Gasteiger partial charge in [-0.25, -0.2) is 8.78 Å². The molecule has 0 bridgehead atoms. The topological polar surface area (TPSA) is 82.2 Å². The predicted molar refractivity (Wildman–Crippen MR) is 75.3 cm³/mol. The van der Waals surface area contributed by atoms with Gasteiger partial charge in [0.15, 0.2) is 11.6 Å². The van der Waals surface area contributed by atoms with Gasteiger partial charge in [0.05, 0.1) is 12.1 Å². The summed E-state index contributed by atoms with van der Waals surface area (Å²) in [5, 5.41) is 12.5. The first kappa shape index (κ1) is 15.8. The maximum atomic E-state index is 13.2. The lowest BCUT2D eigenvalue weighted by Gasteiger charge is -2.20. The van der Waals surface area contributed by atoms with Crippen LogP contribution < -0.4 is 10.9 Å². The minimum absolute atomic E-state index is 0.105. The van der Waals surface area contributed by atoms with E-state index in [1.165, 1.54) is 31.3 Å². The van der Waals surface area contributed by atoms with Crippen molar-refractivity contribution in [1.82, 2.24) is 10.3 Å². The quantitative estimate of drug-likeness (QED) is 0.800. The van der Waals surface area contributed by atoms with Gasteiger partial charge < -0.3 is 15.4 Å². The van der Waals surface area contributed by atoms with E-state index in [9.17, 15) is 23.5 Å². The van der Waals surface area contributed by atoms with Crippen molar-refractivity contribution in [1.29, 1.82) is 0 Å². The average Bonchev–Trinajstić information content (AvgIpc) is 2.49. The van der Waals surface area contributed by atoms with Crippen LogP contribution in [0, 0.1) is 11.6 Å². The third kappa shape index (κ3) is 3.37. The Bertz CT molecular complexity index is 746. The molecule has 1 aromatic heterocycles. The highest BCUT2D eigenvalue weighted by Crippen LogP contribution is 2.19. The van der Waals surface area contributed by atoms with Crippen LogP contribution in [0.25, 0.3) is 0 Å². The van der Waals surface area contributed by atoms with Crippen LogP contribution in [0.5, 0.6) is 0 Å². The number of rotatable bonds is 4. The molecule has 0 aliphatic rings. The van der Waals surface area contributed by atoms with Crippen molar-refractivity contribution >= 4 is 5.91 Å². The Hall–Kier alpha value is -2.54. The van der Waals surface area contributed by atoms with Crippen LogP contribution >= 0.6 is 0 Å². The second kappa shape index (κ2) is 6.48. The minimum Gasteiger partial charge on any atom is -0.386 e. The highest BCUT2D eigenvalue weighted by molar-refractivity contribution is 5.93. The Balaban J connectivity index is 2.12. The number of amides is 1. The van der Waals surface area contributed by atoms with E-state index in [1.807, 2.05) is 0 Å². The number of hydrogen-bond acceptors (Lipinski definition) is 3.